The Hall–Kier alpha value is -2.31. The van der Waals surface area contributed by atoms with Gasteiger partial charge in [-0.2, -0.15) is 0 Å². The lowest BCUT2D eigenvalue weighted by Gasteiger charge is -2.08. The summed E-state index contributed by atoms with van der Waals surface area (Å²) in [5.41, 5.74) is -0.129. The average Bonchev–Trinajstić information content (AvgIpc) is 2.53. The Labute approximate surface area is 149 Å². The minimum absolute atomic E-state index is 0.264. The number of halogens is 2. The summed E-state index contributed by atoms with van der Waals surface area (Å²) in [4.78, 5) is 23.1. The fourth-order valence-corrected chi connectivity index (χ4v) is 2.79. The highest BCUT2D eigenvalue weighted by atomic mass is 79.9. The lowest BCUT2D eigenvalue weighted by atomic mass is 10.2. The minimum Gasteiger partial charge on any atom is -0.481 e. The molecule has 0 aliphatic carbocycles. The molecule has 0 amide bonds. The normalized spacial score (nSPS) is 10.6. The van der Waals surface area contributed by atoms with E-state index in [1.165, 1.54) is 12.1 Å². The molecule has 2 aromatic carbocycles. The van der Waals surface area contributed by atoms with Gasteiger partial charge in [0.25, 0.3) is 0 Å². The van der Waals surface area contributed by atoms with Gasteiger partial charge in [0.1, 0.15) is 17.1 Å². The highest BCUT2D eigenvalue weighted by molar-refractivity contribution is 9.10. The van der Waals surface area contributed by atoms with Gasteiger partial charge in [-0.15, -0.1) is 0 Å². The number of hydrogen-bond acceptors (Lipinski definition) is 5. The highest BCUT2D eigenvalue weighted by Crippen LogP contribution is 2.28. The summed E-state index contributed by atoms with van der Waals surface area (Å²) in [6.07, 6.45) is 0. The van der Waals surface area contributed by atoms with Gasteiger partial charge in [-0.05, 0) is 52.3 Å². The molecule has 0 atom stereocenters. The van der Waals surface area contributed by atoms with Crippen LogP contribution < -0.4 is 15.1 Å². The first kappa shape index (κ1) is 16.5. The van der Waals surface area contributed by atoms with Crippen molar-refractivity contribution in [3.05, 3.63) is 68.4 Å². The van der Waals surface area contributed by atoms with Gasteiger partial charge in [-0.3, -0.25) is 0 Å². The lowest BCUT2D eigenvalue weighted by Crippen LogP contribution is -2.17. The Morgan fingerprint density at radius 1 is 1.12 bits per heavy atom. The van der Waals surface area contributed by atoms with Gasteiger partial charge in [-0.1, -0.05) is 11.6 Å². The van der Waals surface area contributed by atoms with E-state index in [2.05, 4.69) is 15.9 Å². The van der Waals surface area contributed by atoms with Crippen LogP contribution in [0.1, 0.15) is 0 Å². The van der Waals surface area contributed by atoms with E-state index in [4.69, 9.17) is 25.5 Å². The van der Waals surface area contributed by atoms with E-state index in [-0.39, 0.29) is 12.4 Å². The summed E-state index contributed by atoms with van der Waals surface area (Å²) in [7, 11) is 0. The molecule has 5 nitrogen and oxygen atoms in total. The Balaban J connectivity index is 1.67. The van der Waals surface area contributed by atoms with Crippen molar-refractivity contribution in [2.24, 2.45) is 0 Å². The number of esters is 1. The van der Waals surface area contributed by atoms with Crippen LogP contribution in [0.2, 0.25) is 5.02 Å². The molecule has 0 radical (unpaired) electrons. The molecule has 0 saturated carbocycles. The third-order valence-electron chi connectivity index (χ3n) is 3.07. The highest BCUT2D eigenvalue weighted by Gasteiger charge is 2.09. The molecule has 0 aliphatic heterocycles. The Bertz CT molecular complexity index is 967. The summed E-state index contributed by atoms with van der Waals surface area (Å²) in [5.74, 6) is 0.149. The van der Waals surface area contributed by atoms with Crippen LogP contribution in [0.25, 0.3) is 11.0 Å². The van der Waals surface area contributed by atoms with E-state index in [9.17, 15) is 9.59 Å². The van der Waals surface area contributed by atoms with E-state index in [1.54, 1.807) is 36.4 Å². The van der Waals surface area contributed by atoms with Crippen LogP contribution in [-0.2, 0) is 4.79 Å². The molecule has 0 fully saturated rings. The predicted molar refractivity (Wildman–Crippen MR) is 92.8 cm³/mol. The summed E-state index contributed by atoms with van der Waals surface area (Å²) in [6, 6.07) is 12.7. The quantitative estimate of drug-likeness (QED) is 0.367. The van der Waals surface area contributed by atoms with E-state index in [0.717, 1.165) is 5.39 Å². The van der Waals surface area contributed by atoms with Gasteiger partial charge >= 0.3 is 11.6 Å². The molecule has 0 saturated heterocycles. The monoisotopic (exact) mass is 408 g/mol. The molecule has 0 N–H and O–H groups in total. The number of benzene rings is 2. The Morgan fingerprint density at radius 2 is 1.92 bits per heavy atom. The van der Waals surface area contributed by atoms with Crippen LogP contribution in [0.15, 0.2) is 62.2 Å². The maximum Gasteiger partial charge on any atom is 0.349 e. The summed E-state index contributed by atoms with van der Waals surface area (Å²) in [6.45, 7) is -0.281. The number of carbonyl (C=O) groups excluding carboxylic acids is 1. The van der Waals surface area contributed by atoms with Crippen molar-refractivity contribution in [2.75, 3.05) is 6.61 Å². The molecule has 0 aliphatic rings. The fraction of sp³-hybridized carbons (Fsp3) is 0.0588. The van der Waals surface area contributed by atoms with Gasteiger partial charge in [-0.25, -0.2) is 9.59 Å². The van der Waals surface area contributed by atoms with Crippen molar-refractivity contribution in [3.8, 4) is 11.5 Å². The molecule has 24 heavy (non-hydrogen) atoms. The number of ether oxygens (including phenoxy) is 2. The first-order chi connectivity index (χ1) is 11.5. The topological polar surface area (TPSA) is 65.7 Å². The van der Waals surface area contributed by atoms with Gasteiger partial charge in [0.05, 0.1) is 4.47 Å². The largest absolute Gasteiger partial charge is 0.481 e. The van der Waals surface area contributed by atoms with Crippen LogP contribution >= 0.6 is 27.5 Å². The zero-order valence-electron chi connectivity index (χ0n) is 12.1. The van der Waals surface area contributed by atoms with Crippen LogP contribution in [-0.4, -0.2) is 12.6 Å². The van der Waals surface area contributed by atoms with Gasteiger partial charge in [0.2, 0.25) is 0 Å². The fourth-order valence-electron chi connectivity index (χ4n) is 1.99. The lowest BCUT2D eigenvalue weighted by molar-refractivity contribution is -0.136. The van der Waals surface area contributed by atoms with Crippen LogP contribution in [0.4, 0.5) is 0 Å². The summed E-state index contributed by atoms with van der Waals surface area (Å²) < 4.78 is 16.2. The maximum atomic E-state index is 11.9. The molecular weight excluding hydrogens is 400 g/mol. The van der Waals surface area contributed by atoms with Crippen molar-refractivity contribution in [1.82, 2.24) is 0 Å². The average molecular weight is 410 g/mol. The predicted octanol–water partition coefficient (Wildman–Crippen LogP) is 4.19. The first-order valence-electron chi connectivity index (χ1n) is 6.84. The second-order valence-corrected chi connectivity index (χ2v) is 6.08. The van der Waals surface area contributed by atoms with Crippen molar-refractivity contribution >= 4 is 44.5 Å². The Kier molecular flexibility index (Phi) is 4.87. The number of carbonyl (C=O) groups is 1. The SMILES string of the molecule is O=C(COc1ccc(Cl)cc1Br)Oc1ccc2ccc(=O)oc2c1. The standard InChI is InChI=1S/C17H10BrClO5/c18-13-7-11(19)3-5-14(13)22-9-17(21)23-12-4-1-10-2-6-16(20)24-15(10)8-12/h1-8H,9H2. The molecule has 7 heteroatoms. The van der Waals surface area contributed by atoms with Gasteiger partial charge in [0.15, 0.2) is 6.61 Å². The molecule has 0 unspecified atom stereocenters. The van der Waals surface area contributed by atoms with Crippen LogP contribution in [0.3, 0.4) is 0 Å². The first-order valence-corrected chi connectivity index (χ1v) is 8.01. The number of rotatable bonds is 4. The minimum atomic E-state index is -0.588. The molecule has 122 valence electrons. The van der Waals surface area contributed by atoms with Crippen molar-refractivity contribution in [1.29, 1.82) is 0 Å². The molecular formula is C17H10BrClO5. The molecule has 1 heterocycles. The van der Waals surface area contributed by atoms with Gasteiger partial charge < -0.3 is 13.9 Å². The second kappa shape index (κ2) is 7.07. The second-order valence-electron chi connectivity index (χ2n) is 4.79. The third kappa shape index (κ3) is 3.96. The Morgan fingerprint density at radius 3 is 2.71 bits per heavy atom. The van der Waals surface area contributed by atoms with Gasteiger partial charge in [0, 0.05) is 22.5 Å². The van der Waals surface area contributed by atoms with E-state index in [1.807, 2.05) is 0 Å². The molecule has 0 bridgehead atoms. The van der Waals surface area contributed by atoms with E-state index >= 15 is 0 Å². The zero-order chi connectivity index (χ0) is 17.1. The van der Waals surface area contributed by atoms with Crippen molar-refractivity contribution in [3.63, 3.8) is 0 Å². The third-order valence-corrected chi connectivity index (χ3v) is 3.92. The molecule has 3 aromatic rings. The summed E-state index contributed by atoms with van der Waals surface area (Å²) >= 11 is 9.13. The number of fused-ring (bicyclic) bond motifs is 1. The smallest absolute Gasteiger partial charge is 0.349 e. The van der Waals surface area contributed by atoms with Crippen LogP contribution in [0, 0.1) is 0 Å². The molecule has 1 aromatic heterocycles. The zero-order valence-corrected chi connectivity index (χ0v) is 14.5. The summed E-state index contributed by atoms with van der Waals surface area (Å²) in [5, 5.41) is 1.28. The van der Waals surface area contributed by atoms with Crippen molar-refractivity contribution in [2.45, 2.75) is 0 Å². The maximum absolute atomic E-state index is 11.9. The van der Waals surface area contributed by atoms with E-state index < -0.39 is 11.6 Å². The van der Waals surface area contributed by atoms with Crippen LogP contribution in [0.5, 0.6) is 11.5 Å². The van der Waals surface area contributed by atoms with Crippen molar-refractivity contribution < 1.29 is 18.7 Å². The molecule has 0 spiro atoms. The number of hydrogen-bond donors (Lipinski definition) is 0. The van der Waals surface area contributed by atoms with E-state index in [0.29, 0.717) is 20.8 Å². The molecule has 3 rings (SSSR count).